The second-order valence-corrected chi connectivity index (χ2v) is 3.78. The monoisotopic (exact) mass is 174 g/mol. The fourth-order valence-electron chi connectivity index (χ4n) is 1.17. The van der Waals surface area contributed by atoms with Crippen molar-refractivity contribution in [3.63, 3.8) is 0 Å². The molecule has 0 spiro atoms. The molecular weight excluding hydrogens is 162 g/mol. The minimum absolute atomic E-state index is 0.958. The molecule has 0 N–H and O–H groups in total. The van der Waals surface area contributed by atoms with Gasteiger partial charge >= 0.3 is 0 Å². The number of likely N-dealkylation sites (tertiary alicyclic amines) is 1. The molecule has 0 atom stereocenters. The van der Waals surface area contributed by atoms with Crippen LogP contribution in [0.3, 0.4) is 0 Å². The maximum Gasteiger partial charge on any atom is 0.136 e. The van der Waals surface area contributed by atoms with Crippen LogP contribution in [0.25, 0.3) is 0 Å². The molecule has 3 heteroatoms. The van der Waals surface area contributed by atoms with Gasteiger partial charge in [-0.2, -0.15) is 0 Å². The van der Waals surface area contributed by atoms with Crippen LogP contribution in [-0.2, 0) is 0 Å². The quantitative estimate of drug-likeness (QED) is 0.519. The minimum Gasteiger partial charge on any atom is -0.358 e. The molecule has 0 aromatic carbocycles. The first-order valence-corrected chi connectivity index (χ1v) is 4.95. The van der Waals surface area contributed by atoms with Crippen LogP contribution in [0, 0.1) is 6.26 Å². The zero-order chi connectivity index (χ0) is 7.40. The molecule has 10 heavy (non-hydrogen) atoms. The van der Waals surface area contributed by atoms with E-state index in [-0.39, 0.29) is 0 Å². The molecule has 1 fully saturated rings. The fourth-order valence-corrected chi connectivity index (χ4v) is 1.72. The van der Waals surface area contributed by atoms with Gasteiger partial charge < -0.3 is 4.90 Å². The number of piperidine rings is 1. The Kier molecular flexibility index (Phi) is 3.49. The number of rotatable bonds is 0. The second-order valence-electron chi connectivity index (χ2n) is 2.46. The molecule has 0 saturated carbocycles. The Morgan fingerprint density at radius 3 is 2.40 bits per heavy atom. The first-order valence-electron chi connectivity index (χ1n) is 3.55. The largest absolute Gasteiger partial charge is 0.358 e. The summed E-state index contributed by atoms with van der Waals surface area (Å²) in [4.78, 5) is 2.25. The van der Waals surface area contributed by atoms with Gasteiger partial charge in [0, 0.05) is 19.3 Å². The molecule has 0 unspecified atom stereocenters. The lowest BCUT2D eigenvalue weighted by molar-refractivity contribution is 0.352. The average Bonchev–Trinajstić information content (AvgIpc) is 2.05. The van der Waals surface area contributed by atoms with Crippen LogP contribution in [0.5, 0.6) is 0 Å². The van der Waals surface area contributed by atoms with Gasteiger partial charge in [-0.05, 0) is 19.3 Å². The summed E-state index contributed by atoms with van der Waals surface area (Å²) in [6, 6.07) is 0. The average molecular weight is 174 g/mol. The Labute approximate surface area is 72.2 Å². The Hall–Kier alpha value is 0.240. The molecule has 0 amide bonds. The second kappa shape index (κ2) is 4.19. The summed E-state index contributed by atoms with van der Waals surface area (Å²) in [6.45, 7) is 2.28. The maximum absolute atomic E-state index is 5.10. The van der Waals surface area contributed by atoms with Crippen molar-refractivity contribution < 1.29 is 0 Å². The fraction of sp³-hybridized carbons (Fsp3) is 0.714. The molecule has 0 bridgehead atoms. The highest BCUT2D eigenvalue weighted by Gasteiger charge is 2.11. The molecule has 1 radical (unpaired) electrons. The van der Waals surface area contributed by atoms with Crippen LogP contribution in [0.2, 0.25) is 0 Å². The van der Waals surface area contributed by atoms with Gasteiger partial charge in [-0.1, -0.05) is 24.0 Å². The molecule has 0 aromatic heterocycles. The van der Waals surface area contributed by atoms with Crippen molar-refractivity contribution in [3.05, 3.63) is 6.26 Å². The van der Waals surface area contributed by atoms with E-state index in [1.54, 1.807) is 0 Å². The van der Waals surface area contributed by atoms with Crippen molar-refractivity contribution in [2.45, 2.75) is 19.3 Å². The van der Waals surface area contributed by atoms with Gasteiger partial charge in [0.2, 0.25) is 0 Å². The van der Waals surface area contributed by atoms with Gasteiger partial charge in [-0.25, -0.2) is 0 Å². The predicted molar refractivity (Wildman–Crippen MR) is 51.0 cm³/mol. The van der Waals surface area contributed by atoms with Gasteiger partial charge in [0.15, 0.2) is 0 Å². The molecule has 0 aromatic rings. The summed E-state index contributed by atoms with van der Waals surface area (Å²) in [5, 5.41) is 0. The minimum atomic E-state index is 0.958. The first-order chi connectivity index (χ1) is 4.84. The summed E-state index contributed by atoms with van der Waals surface area (Å²) in [5.41, 5.74) is 0. The van der Waals surface area contributed by atoms with Crippen molar-refractivity contribution in [2.75, 3.05) is 13.1 Å². The van der Waals surface area contributed by atoms with Crippen molar-refractivity contribution in [2.24, 2.45) is 0 Å². The molecule has 1 aliphatic rings. The predicted octanol–water partition coefficient (Wildman–Crippen LogP) is 2.28. The van der Waals surface area contributed by atoms with Crippen LogP contribution in [0.1, 0.15) is 19.3 Å². The van der Waals surface area contributed by atoms with E-state index in [0.29, 0.717) is 0 Å². The van der Waals surface area contributed by atoms with E-state index in [0.717, 1.165) is 17.4 Å². The van der Waals surface area contributed by atoms with Crippen molar-refractivity contribution >= 4 is 28.3 Å². The van der Waals surface area contributed by atoms with Crippen LogP contribution < -0.4 is 0 Å². The Bertz CT molecular complexity index is 119. The molecule has 0 aliphatic carbocycles. The lowest BCUT2D eigenvalue weighted by Crippen LogP contribution is -2.32. The zero-order valence-electron chi connectivity index (χ0n) is 6.01. The van der Waals surface area contributed by atoms with Crippen LogP contribution in [0.15, 0.2) is 0 Å². The summed E-state index contributed by atoms with van der Waals surface area (Å²) in [7, 11) is 0. The first kappa shape index (κ1) is 8.34. The Morgan fingerprint density at radius 2 is 1.90 bits per heavy atom. The lowest BCUT2D eigenvalue weighted by Gasteiger charge is -2.27. The van der Waals surface area contributed by atoms with E-state index in [4.69, 9.17) is 12.2 Å². The lowest BCUT2D eigenvalue weighted by atomic mass is 10.1. The number of hydrogen-bond donors (Lipinski definition) is 0. The van der Waals surface area contributed by atoms with Gasteiger partial charge in [0.05, 0.1) is 0 Å². The Morgan fingerprint density at radius 1 is 1.30 bits per heavy atom. The number of nitrogens with zero attached hydrogens (tertiary/aromatic N) is 1. The number of thioether (sulfide) groups is 1. The third-order valence-electron chi connectivity index (χ3n) is 1.74. The molecule has 1 nitrogen and oxygen atoms in total. The van der Waals surface area contributed by atoms with Gasteiger partial charge in [-0.3, -0.25) is 0 Å². The topological polar surface area (TPSA) is 3.24 Å². The van der Waals surface area contributed by atoms with E-state index >= 15 is 0 Å². The third kappa shape index (κ3) is 2.13. The van der Waals surface area contributed by atoms with Gasteiger partial charge in [-0.15, -0.1) is 0 Å². The molecule has 1 heterocycles. The molecule has 1 rings (SSSR count). The highest BCUT2D eigenvalue weighted by molar-refractivity contribution is 8.23. The summed E-state index contributed by atoms with van der Waals surface area (Å²) < 4.78 is 0.958. The van der Waals surface area contributed by atoms with Crippen molar-refractivity contribution in [3.8, 4) is 0 Å². The van der Waals surface area contributed by atoms with E-state index in [9.17, 15) is 0 Å². The van der Waals surface area contributed by atoms with Gasteiger partial charge in [0.1, 0.15) is 4.32 Å². The van der Waals surface area contributed by atoms with Crippen molar-refractivity contribution in [1.82, 2.24) is 4.90 Å². The molecule has 1 saturated heterocycles. The Balaban J connectivity index is 2.31. The molecule has 1 aliphatic heterocycles. The summed E-state index contributed by atoms with van der Waals surface area (Å²) in [5.74, 6) is 0. The summed E-state index contributed by atoms with van der Waals surface area (Å²) in [6.07, 6.45) is 7.64. The van der Waals surface area contributed by atoms with E-state index in [1.165, 1.54) is 31.0 Å². The standard InChI is InChI=1S/C7H12NS2/c1-10-7(9)8-5-3-2-4-6-8/h1-6H2. The van der Waals surface area contributed by atoms with E-state index < -0.39 is 0 Å². The summed E-state index contributed by atoms with van der Waals surface area (Å²) >= 11 is 6.54. The van der Waals surface area contributed by atoms with Crippen LogP contribution in [0.4, 0.5) is 0 Å². The van der Waals surface area contributed by atoms with Crippen molar-refractivity contribution in [1.29, 1.82) is 0 Å². The maximum atomic E-state index is 5.10. The zero-order valence-corrected chi connectivity index (χ0v) is 7.64. The SMILES string of the molecule is [CH2]SC(=S)N1CCCCC1. The highest BCUT2D eigenvalue weighted by Crippen LogP contribution is 2.14. The van der Waals surface area contributed by atoms with Crippen LogP contribution >= 0.6 is 24.0 Å². The smallest absolute Gasteiger partial charge is 0.136 e. The van der Waals surface area contributed by atoms with Crippen LogP contribution in [-0.4, -0.2) is 22.3 Å². The normalized spacial score (nSPS) is 19.1. The third-order valence-corrected chi connectivity index (χ3v) is 2.85. The highest BCUT2D eigenvalue weighted by atomic mass is 32.2. The molecule has 57 valence electrons. The molecular formula is C7H12NS2. The number of hydrogen-bond acceptors (Lipinski definition) is 2. The van der Waals surface area contributed by atoms with Gasteiger partial charge in [0.25, 0.3) is 0 Å². The number of thiocarbonyl (C=S) groups is 1. The van der Waals surface area contributed by atoms with E-state index in [1.807, 2.05) is 0 Å². The van der Waals surface area contributed by atoms with E-state index in [2.05, 4.69) is 11.2 Å².